The number of aryl methyl sites for hydroxylation is 1. The first kappa shape index (κ1) is 16.8. The molecule has 1 saturated heterocycles. The number of amides is 1. The van der Waals surface area contributed by atoms with E-state index in [1.165, 1.54) is 32.1 Å². The van der Waals surface area contributed by atoms with Crippen LogP contribution in [0.25, 0.3) is 0 Å². The first-order chi connectivity index (χ1) is 11.2. The third-order valence-electron chi connectivity index (χ3n) is 5.07. The summed E-state index contributed by atoms with van der Waals surface area (Å²) < 4.78 is 5.42. The molecule has 0 radical (unpaired) electrons. The molecule has 1 amide bonds. The molecule has 128 valence electrons. The van der Waals surface area contributed by atoms with Crippen molar-refractivity contribution >= 4 is 17.7 Å². The minimum atomic E-state index is -0.000573. The van der Waals surface area contributed by atoms with Crippen molar-refractivity contribution in [3.8, 4) is 0 Å². The lowest BCUT2D eigenvalue weighted by Crippen LogP contribution is -2.40. The fourth-order valence-electron chi connectivity index (χ4n) is 3.50. The Labute approximate surface area is 142 Å². The van der Waals surface area contributed by atoms with Crippen molar-refractivity contribution in [2.45, 2.75) is 62.0 Å². The lowest BCUT2D eigenvalue weighted by atomic mass is 9.97. The molecular weight excluding hydrogens is 310 g/mol. The van der Waals surface area contributed by atoms with Gasteiger partial charge >= 0.3 is 0 Å². The number of piperidine rings is 1. The number of nitrogens with two attached hydrogens (primary N) is 1. The van der Waals surface area contributed by atoms with E-state index < -0.39 is 0 Å². The molecule has 0 aromatic carbocycles. The van der Waals surface area contributed by atoms with Gasteiger partial charge in [0, 0.05) is 18.3 Å². The maximum Gasteiger partial charge on any atom is 0.293 e. The maximum absolute atomic E-state index is 12.8. The van der Waals surface area contributed by atoms with Gasteiger partial charge in [-0.2, -0.15) is 0 Å². The van der Waals surface area contributed by atoms with Gasteiger partial charge in [0.2, 0.25) is 5.76 Å². The number of likely N-dealkylation sites (tertiary alicyclic amines) is 1. The number of carbonyl (C=O) groups is 1. The summed E-state index contributed by atoms with van der Waals surface area (Å²) in [4.78, 5) is 15.7. The Hall–Kier alpha value is -1.01. The van der Waals surface area contributed by atoms with E-state index in [0.29, 0.717) is 23.5 Å². The fourth-order valence-corrected chi connectivity index (χ4v) is 4.84. The molecule has 1 aliphatic carbocycles. The van der Waals surface area contributed by atoms with Crippen LogP contribution in [0.15, 0.2) is 9.42 Å². The highest BCUT2D eigenvalue weighted by molar-refractivity contribution is 8.00. The van der Waals surface area contributed by atoms with Crippen LogP contribution in [0.4, 0.5) is 0 Å². The number of aromatic nitrogens is 1. The van der Waals surface area contributed by atoms with E-state index in [2.05, 4.69) is 5.16 Å². The Morgan fingerprint density at radius 3 is 2.61 bits per heavy atom. The van der Waals surface area contributed by atoms with Gasteiger partial charge in [-0.25, -0.2) is 0 Å². The molecule has 2 N–H and O–H groups in total. The maximum atomic E-state index is 12.8. The van der Waals surface area contributed by atoms with E-state index in [1.54, 1.807) is 11.8 Å². The Bertz CT molecular complexity index is 532. The average molecular weight is 337 g/mol. The molecule has 2 aliphatic rings. The summed E-state index contributed by atoms with van der Waals surface area (Å²) in [5, 5.41) is 4.66. The molecule has 1 aromatic rings. The van der Waals surface area contributed by atoms with Crippen molar-refractivity contribution in [3.63, 3.8) is 0 Å². The zero-order valence-corrected chi connectivity index (χ0v) is 14.7. The first-order valence-electron chi connectivity index (χ1n) is 8.81. The summed E-state index contributed by atoms with van der Waals surface area (Å²) >= 11 is 1.80. The van der Waals surface area contributed by atoms with E-state index in [0.717, 1.165) is 36.5 Å². The molecule has 5 nitrogen and oxygen atoms in total. The van der Waals surface area contributed by atoms with E-state index in [4.69, 9.17) is 10.3 Å². The summed E-state index contributed by atoms with van der Waals surface area (Å²) in [6.45, 7) is 4.19. The summed E-state index contributed by atoms with van der Waals surface area (Å²) in [6, 6.07) is 0. The number of hydrogen-bond acceptors (Lipinski definition) is 5. The van der Waals surface area contributed by atoms with E-state index in [-0.39, 0.29) is 5.91 Å². The Morgan fingerprint density at radius 2 is 1.96 bits per heavy atom. The van der Waals surface area contributed by atoms with Crippen molar-refractivity contribution in [1.82, 2.24) is 10.1 Å². The summed E-state index contributed by atoms with van der Waals surface area (Å²) in [7, 11) is 0. The molecule has 2 fully saturated rings. The van der Waals surface area contributed by atoms with E-state index >= 15 is 0 Å². The fraction of sp³-hybridized carbons (Fsp3) is 0.765. The highest BCUT2D eigenvalue weighted by Crippen LogP contribution is 2.37. The van der Waals surface area contributed by atoms with Crippen LogP contribution in [0.5, 0.6) is 0 Å². The third kappa shape index (κ3) is 3.91. The molecule has 2 heterocycles. The number of nitrogens with zero attached hydrogens (tertiary/aromatic N) is 2. The van der Waals surface area contributed by atoms with Crippen LogP contribution >= 0.6 is 11.8 Å². The molecule has 1 aromatic heterocycles. The van der Waals surface area contributed by atoms with Gasteiger partial charge in [0.05, 0.1) is 10.6 Å². The summed E-state index contributed by atoms with van der Waals surface area (Å²) in [5.74, 6) is 0.996. The highest BCUT2D eigenvalue weighted by Gasteiger charge is 2.30. The molecule has 6 heteroatoms. The van der Waals surface area contributed by atoms with Crippen LogP contribution in [0, 0.1) is 12.8 Å². The van der Waals surface area contributed by atoms with Gasteiger partial charge in [0.1, 0.15) is 0 Å². The number of rotatable bonds is 4. The number of carbonyl (C=O) groups excluding carboxylic acids is 1. The van der Waals surface area contributed by atoms with Crippen molar-refractivity contribution in [2.24, 2.45) is 11.7 Å². The molecule has 0 bridgehead atoms. The van der Waals surface area contributed by atoms with Gasteiger partial charge in [0.25, 0.3) is 5.91 Å². The second kappa shape index (κ2) is 7.71. The van der Waals surface area contributed by atoms with Gasteiger partial charge in [-0.15, -0.1) is 11.8 Å². The monoisotopic (exact) mass is 337 g/mol. The van der Waals surface area contributed by atoms with E-state index in [9.17, 15) is 4.79 Å². The second-order valence-electron chi connectivity index (χ2n) is 6.78. The molecular formula is C17H27N3O2S. The molecule has 1 aliphatic heterocycles. The van der Waals surface area contributed by atoms with Gasteiger partial charge < -0.3 is 15.2 Å². The van der Waals surface area contributed by atoms with Crippen molar-refractivity contribution in [2.75, 3.05) is 19.6 Å². The molecule has 0 atom stereocenters. The Kier molecular flexibility index (Phi) is 5.64. The standard InChI is InChI=1S/C17H27N3O2S/c1-12-16(23-14-5-3-2-4-6-14)15(22-19-12)17(21)20-9-7-13(11-18)8-10-20/h13-14H,2-11,18H2,1H3. The summed E-state index contributed by atoms with van der Waals surface area (Å²) in [6.07, 6.45) is 8.34. The van der Waals surface area contributed by atoms with Gasteiger partial charge in [-0.1, -0.05) is 24.4 Å². The van der Waals surface area contributed by atoms with E-state index in [1.807, 2.05) is 11.8 Å². The van der Waals surface area contributed by atoms with Crippen LogP contribution in [0.2, 0.25) is 0 Å². The van der Waals surface area contributed by atoms with Crippen LogP contribution in [0.3, 0.4) is 0 Å². The quantitative estimate of drug-likeness (QED) is 0.913. The zero-order chi connectivity index (χ0) is 16.2. The SMILES string of the molecule is Cc1noc(C(=O)N2CCC(CN)CC2)c1SC1CCCCC1. The average Bonchev–Trinajstić information content (AvgIpc) is 2.96. The molecule has 0 spiro atoms. The second-order valence-corrected chi connectivity index (χ2v) is 8.09. The van der Waals surface area contributed by atoms with Crippen molar-refractivity contribution in [3.05, 3.63) is 11.5 Å². The van der Waals surface area contributed by atoms with Gasteiger partial charge in [0.15, 0.2) is 0 Å². The molecule has 3 rings (SSSR count). The topological polar surface area (TPSA) is 72.4 Å². The van der Waals surface area contributed by atoms with Crippen LogP contribution in [-0.4, -0.2) is 40.8 Å². The van der Waals surface area contributed by atoms with Gasteiger partial charge in [-0.05, 0) is 45.1 Å². The van der Waals surface area contributed by atoms with Gasteiger partial charge in [-0.3, -0.25) is 4.79 Å². The minimum Gasteiger partial charge on any atom is -0.350 e. The third-order valence-corrected chi connectivity index (χ3v) is 6.60. The Morgan fingerprint density at radius 1 is 1.26 bits per heavy atom. The largest absolute Gasteiger partial charge is 0.350 e. The van der Waals surface area contributed by atoms with Crippen LogP contribution in [-0.2, 0) is 0 Å². The molecule has 1 saturated carbocycles. The van der Waals surface area contributed by atoms with Crippen molar-refractivity contribution in [1.29, 1.82) is 0 Å². The zero-order valence-electron chi connectivity index (χ0n) is 13.9. The molecule has 23 heavy (non-hydrogen) atoms. The minimum absolute atomic E-state index is 0.000573. The van der Waals surface area contributed by atoms with Crippen molar-refractivity contribution < 1.29 is 9.32 Å². The Balaban J connectivity index is 1.68. The predicted octanol–water partition coefficient (Wildman–Crippen LogP) is 3.22. The number of hydrogen-bond donors (Lipinski definition) is 1. The normalized spacial score (nSPS) is 20.9. The number of thioether (sulfide) groups is 1. The lowest BCUT2D eigenvalue weighted by Gasteiger charge is -2.31. The predicted molar refractivity (Wildman–Crippen MR) is 91.7 cm³/mol. The first-order valence-corrected chi connectivity index (χ1v) is 9.69. The lowest BCUT2D eigenvalue weighted by molar-refractivity contribution is 0.0647. The summed E-state index contributed by atoms with van der Waals surface area (Å²) in [5.41, 5.74) is 6.58. The smallest absolute Gasteiger partial charge is 0.293 e. The highest BCUT2D eigenvalue weighted by atomic mass is 32.2. The van der Waals surface area contributed by atoms with Crippen LogP contribution < -0.4 is 5.73 Å². The van der Waals surface area contributed by atoms with Crippen LogP contribution in [0.1, 0.15) is 61.2 Å². The molecule has 0 unspecified atom stereocenters.